The van der Waals surface area contributed by atoms with Gasteiger partial charge in [0, 0.05) is 12.5 Å². The molecule has 1 heterocycles. The summed E-state index contributed by atoms with van der Waals surface area (Å²) in [6, 6.07) is -0.0814. The minimum atomic E-state index is -0.545. The molecule has 18 heavy (non-hydrogen) atoms. The van der Waals surface area contributed by atoms with Crippen LogP contribution in [-0.4, -0.2) is 25.5 Å². The molecule has 0 aliphatic heterocycles. The molecular weight excluding hydrogens is 238 g/mol. The van der Waals surface area contributed by atoms with E-state index in [4.69, 9.17) is 10.9 Å². The van der Waals surface area contributed by atoms with Gasteiger partial charge in [0.2, 0.25) is 6.33 Å². The van der Waals surface area contributed by atoms with E-state index in [0.29, 0.717) is 6.42 Å². The third-order valence-corrected chi connectivity index (χ3v) is 2.66. The third kappa shape index (κ3) is 3.72. The summed E-state index contributed by atoms with van der Waals surface area (Å²) in [6.07, 6.45) is 5.86. The summed E-state index contributed by atoms with van der Waals surface area (Å²) in [5.74, 6) is -0.0940. The van der Waals surface area contributed by atoms with Crippen LogP contribution in [-0.2, 0) is 0 Å². The first-order valence-corrected chi connectivity index (χ1v) is 5.72. The number of hydrogen-bond donors (Lipinski definition) is 2. The predicted molar refractivity (Wildman–Crippen MR) is 65.5 cm³/mol. The Labute approximate surface area is 104 Å². The van der Waals surface area contributed by atoms with Gasteiger partial charge in [0.05, 0.1) is 0 Å². The van der Waals surface area contributed by atoms with Gasteiger partial charge >= 0.3 is 5.82 Å². The normalized spacial score (nSPS) is 13.5. The molecule has 0 aliphatic carbocycles. The van der Waals surface area contributed by atoms with Crippen molar-refractivity contribution in [1.29, 1.82) is 0 Å². The van der Waals surface area contributed by atoms with Crippen molar-refractivity contribution in [1.82, 2.24) is 9.55 Å². The van der Waals surface area contributed by atoms with Gasteiger partial charge in [-0.3, -0.25) is 0 Å². The molecule has 1 aromatic heterocycles. The topological polar surface area (TPSA) is 120 Å². The van der Waals surface area contributed by atoms with E-state index in [0.717, 1.165) is 19.3 Å². The fourth-order valence-electron chi connectivity index (χ4n) is 1.70. The minimum Gasteiger partial charge on any atom is -0.409 e. The number of unbranched alkanes of at least 4 members (excludes halogenated alkanes) is 1. The van der Waals surface area contributed by atoms with Gasteiger partial charge in [-0.15, -0.1) is 0 Å². The molecule has 0 aromatic carbocycles. The lowest BCUT2D eigenvalue weighted by Gasteiger charge is -2.15. The molecule has 1 rings (SSSR count). The summed E-state index contributed by atoms with van der Waals surface area (Å²) in [4.78, 5) is 13.7. The SMILES string of the molecule is CCCCC(CC(N)=NO)n1cnc([N+](=O)[O-])c1. The maximum atomic E-state index is 10.6. The Morgan fingerprint density at radius 2 is 2.50 bits per heavy atom. The van der Waals surface area contributed by atoms with Crippen LogP contribution in [0.2, 0.25) is 0 Å². The molecule has 8 heteroatoms. The van der Waals surface area contributed by atoms with Crippen molar-refractivity contribution in [3.05, 3.63) is 22.6 Å². The van der Waals surface area contributed by atoms with Gasteiger partial charge in [0.15, 0.2) is 0 Å². The van der Waals surface area contributed by atoms with Gasteiger partial charge in [-0.25, -0.2) is 0 Å². The Morgan fingerprint density at radius 3 is 3.00 bits per heavy atom. The third-order valence-electron chi connectivity index (χ3n) is 2.66. The molecule has 3 N–H and O–H groups in total. The van der Waals surface area contributed by atoms with Crippen molar-refractivity contribution in [2.75, 3.05) is 0 Å². The molecule has 1 aromatic rings. The van der Waals surface area contributed by atoms with E-state index in [1.807, 2.05) is 0 Å². The van der Waals surface area contributed by atoms with Gasteiger partial charge in [0.1, 0.15) is 12.0 Å². The van der Waals surface area contributed by atoms with Crippen molar-refractivity contribution >= 4 is 11.7 Å². The van der Waals surface area contributed by atoms with Crippen LogP contribution in [0.3, 0.4) is 0 Å². The number of oxime groups is 1. The minimum absolute atomic E-state index is 0.0814. The van der Waals surface area contributed by atoms with Crippen LogP contribution in [0.15, 0.2) is 17.7 Å². The number of rotatable bonds is 7. The summed E-state index contributed by atoms with van der Waals surface area (Å²) in [6.45, 7) is 2.05. The van der Waals surface area contributed by atoms with Crippen molar-refractivity contribution in [2.45, 2.75) is 38.6 Å². The number of aromatic nitrogens is 2. The summed E-state index contributed by atoms with van der Waals surface area (Å²) < 4.78 is 1.64. The van der Waals surface area contributed by atoms with Gasteiger partial charge in [-0.2, -0.15) is 0 Å². The highest BCUT2D eigenvalue weighted by Gasteiger charge is 2.18. The number of hydrogen-bond acceptors (Lipinski definition) is 5. The predicted octanol–water partition coefficient (Wildman–Crippen LogP) is 1.66. The Hall–Kier alpha value is -2.12. The lowest BCUT2D eigenvalue weighted by molar-refractivity contribution is -0.389. The molecule has 0 amide bonds. The van der Waals surface area contributed by atoms with E-state index in [-0.39, 0.29) is 17.7 Å². The average molecular weight is 255 g/mol. The molecule has 100 valence electrons. The number of imidazole rings is 1. The van der Waals surface area contributed by atoms with E-state index in [9.17, 15) is 10.1 Å². The zero-order valence-electron chi connectivity index (χ0n) is 10.2. The first-order valence-electron chi connectivity index (χ1n) is 5.72. The highest BCUT2D eigenvalue weighted by molar-refractivity contribution is 5.80. The highest BCUT2D eigenvalue weighted by Crippen LogP contribution is 2.21. The zero-order chi connectivity index (χ0) is 13.5. The van der Waals surface area contributed by atoms with E-state index in [2.05, 4.69) is 17.1 Å². The smallest absolute Gasteiger partial charge is 0.381 e. The molecular formula is C10H17N5O3. The van der Waals surface area contributed by atoms with Crippen LogP contribution in [0.5, 0.6) is 0 Å². The van der Waals surface area contributed by atoms with Gasteiger partial charge < -0.3 is 25.6 Å². The summed E-state index contributed by atoms with van der Waals surface area (Å²) >= 11 is 0. The summed E-state index contributed by atoms with van der Waals surface area (Å²) in [5.41, 5.74) is 5.48. The molecule has 1 unspecified atom stereocenters. The molecule has 0 fully saturated rings. The monoisotopic (exact) mass is 255 g/mol. The standard InChI is InChI=1S/C10H17N5O3/c1-2-3-4-8(5-9(11)13-16)14-6-10(12-7-14)15(17)18/h6-8,16H,2-5H2,1H3,(H2,11,13). The van der Waals surface area contributed by atoms with Gasteiger partial charge in [-0.05, 0) is 16.3 Å². The Bertz CT molecular complexity index is 429. The Kier molecular flexibility index (Phi) is 5.09. The van der Waals surface area contributed by atoms with Crippen LogP contribution in [0, 0.1) is 10.1 Å². The second-order valence-electron chi connectivity index (χ2n) is 4.03. The molecule has 0 spiro atoms. The first kappa shape index (κ1) is 13.9. The van der Waals surface area contributed by atoms with Gasteiger partial charge in [0.25, 0.3) is 0 Å². The molecule has 0 saturated heterocycles. The van der Waals surface area contributed by atoms with Crippen LogP contribution in [0.1, 0.15) is 38.6 Å². The number of nitrogens with zero attached hydrogens (tertiary/aromatic N) is 4. The maximum Gasteiger partial charge on any atom is 0.381 e. The lowest BCUT2D eigenvalue weighted by atomic mass is 10.1. The maximum absolute atomic E-state index is 10.6. The first-order chi connectivity index (χ1) is 8.58. The van der Waals surface area contributed by atoms with E-state index < -0.39 is 4.92 Å². The Balaban J connectivity index is 2.82. The van der Waals surface area contributed by atoms with Gasteiger partial charge in [-0.1, -0.05) is 24.9 Å². The quantitative estimate of drug-likeness (QED) is 0.252. The van der Waals surface area contributed by atoms with E-state index in [1.165, 1.54) is 12.5 Å². The van der Waals surface area contributed by atoms with E-state index in [1.54, 1.807) is 4.57 Å². The molecule has 0 radical (unpaired) electrons. The molecule has 8 nitrogen and oxygen atoms in total. The lowest BCUT2D eigenvalue weighted by Crippen LogP contribution is -2.19. The highest BCUT2D eigenvalue weighted by atomic mass is 16.6. The molecule has 0 bridgehead atoms. The molecule has 0 aliphatic rings. The van der Waals surface area contributed by atoms with Crippen molar-refractivity contribution in [3.8, 4) is 0 Å². The summed E-state index contributed by atoms with van der Waals surface area (Å²) in [7, 11) is 0. The number of nitrogens with two attached hydrogens (primary N) is 1. The fraction of sp³-hybridized carbons (Fsp3) is 0.600. The summed E-state index contributed by atoms with van der Waals surface area (Å²) in [5, 5.41) is 22.1. The van der Waals surface area contributed by atoms with Crippen LogP contribution >= 0.6 is 0 Å². The zero-order valence-corrected chi connectivity index (χ0v) is 10.2. The van der Waals surface area contributed by atoms with Crippen LogP contribution < -0.4 is 5.73 Å². The number of nitro groups is 1. The largest absolute Gasteiger partial charge is 0.409 e. The van der Waals surface area contributed by atoms with Crippen LogP contribution in [0.4, 0.5) is 5.82 Å². The second kappa shape index (κ2) is 6.58. The molecule has 0 saturated carbocycles. The van der Waals surface area contributed by atoms with E-state index >= 15 is 0 Å². The molecule has 1 atom stereocenters. The fourth-order valence-corrected chi connectivity index (χ4v) is 1.70. The van der Waals surface area contributed by atoms with Crippen molar-refractivity contribution in [2.24, 2.45) is 10.9 Å². The second-order valence-corrected chi connectivity index (χ2v) is 4.03. The number of amidine groups is 1. The van der Waals surface area contributed by atoms with Crippen molar-refractivity contribution < 1.29 is 10.1 Å². The van der Waals surface area contributed by atoms with Crippen molar-refractivity contribution in [3.63, 3.8) is 0 Å². The Morgan fingerprint density at radius 1 is 1.78 bits per heavy atom. The van der Waals surface area contributed by atoms with Crippen LogP contribution in [0.25, 0.3) is 0 Å². The average Bonchev–Trinajstić information content (AvgIpc) is 2.83.